The lowest BCUT2D eigenvalue weighted by Crippen LogP contribution is -2.05. The van der Waals surface area contributed by atoms with Crippen LogP contribution in [0.2, 0.25) is 0 Å². The standard InChI is InChI=1S/C10H16O2/c1-4-5-6-7-8-12-10(11)9(2)3/h5-6H,2,4,7-8H2,1,3H3. The molecule has 0 aromatic carbocycles. The fourth-order valence-electron chi connectivity index (χ4n) is 0.627. The molecule has 2 heteroatoms. The molecule has 0 aromatic heterocycles. The molecule has 0 unspecified atom stereocenters. The highest BCUT2D eigenvalue weighted by Gasteiger charge is 2.00. The van der Waals surface area contributed by atoms with E-state index in [0.29, 0.717) is 12.2 Å². The maximum Gasteiger partial charge on any atom is 0.333 e. The van der Waals surface area contributed by atoms with Gasteiger partial charge < -0.3 is 4.74 Å². The van der Waals surface area contributed by atoms with Gasteiger partial charge in [0.2, 0.25) is 0 Å². The normalized spacial score (nSPS) is 10.2. The van der Waals surface area contributed by atoms with E-state index in [1.807, 2.05) is 6.08 Å². The van der Waals surface area contributed by atoms with E-state index in [1.165, 1.54) is 0 Å². The fourth-order valence-corrected chi connectivity index (χ4v) is 0.627. The van der Waals surface area contributed by atoms with Crippen LogP contribution in [0.1, 0.15) is 26.7 Å². The van der Waals surface area contributed by atoms with Gasteiger partial charge in [0.1, 0.15) is 0 Å². The van der Waals surface area contributed by atoms with E-state index in [1.54, 1.807) is 6.92 Å². The molecule has 0 N–H and O–H groups in total. The Bertz CT molecular complexity index is 180. The smallest absolute Gasteiger partial charge is 0.333 e. The van der Waals surface area contributed by atoms with Crippen molar-refractivity contribution in [3.05, 3.63) is 24.3 Å². The number of hydrogen-bond donors (Lipinski definition) is 0. The van der Waals surface area contributed by atoms with Gasteiger partial charge in [0.25, 0.3) is 0 Å². The van der Waals surface area contributed by atoms with Crippen molar-refractivity contribution < 1.29 is 9.53 Å². The first kappa shape index (κ1) is 11.0. The van der Waals surface area contributed by atoms with Crippen molar-refractivity contribution in [3.63, 3.8) is 0 Å². The van der Waals surface area contributed by atoms with Crippen LogP contribution in [0.4, 0.5) is 0 Å². The first-order chi connectivity index (χ1) is 5.68. The Morgan fingerprint density at radius 1 is 1.50 bits per heavy atom. The average molecular weight is 168 g/mol. The molecule has 68 valence electrons. The molecule has 0 aliphatic rings. The quantitative estimate of drug-likeness (QED) is 0.273. The molecular formula is C10H16O2. The van der Waals surface area contributed by atoms with Crippen LogP contribution in [0.5, 0.6) is 0 Å². The second-order valence-electron chi connectivity index (χ2n) is 2.58. The summed E-state index contributed by atoms with van der Waals surface area (Å²) in [6.07, 6.45) is 5.86. The van der Waals surface area contributed by atoms with Crippen molar-refractivity contribution in [1.29, 1.82) is 0 Å². The van der Waals surface area contributed by atoms with E-state index in [2.05, 4.69) is 19.6 Å². The molecule has 12 heavy (non-hydrogen) atoms. The maximum absolute atomic E-state index is 10.8. The zero-order chi connectivity index (χ0) is 9.40. The predicted molar refractivity (Wildman–Crippen MR) is 49.8 cm³/mol. The Morgan fingerprint density at radius 3 is 2.67 bits per heavy atom. The van der Waals surface area contributed by atoms with Crippen molar-refractivity contribution in [3.8, 4) is 0 Å². The third kappa shape index (κ3) is 5.71. The van der Waals surface area contributed by atoms with Gasteiger partial charge in [0, 0.05) is 5.57 Å². The van der Waals surface area contributed by atoms with Crippen LogP contribution in [-0.4, -0.2) is 12.6 Å². The number of hydrogen-bond acceptors (Lipinski definition) is 2. The van der Waals surface area contributed by atoms with Crippen molar-refractivity contribution in [2.75, 3.05) is 6.61 Å². The molecule has 0 bridgehead atoms. The van der Waals surface area contributed by atoms with E-state index < -0.39 is 0 Å². The van der Waals surface area contributed by atoms with E-state index in [-0.39, 0.29) is 5.97 Å². The van der Waals surface area contributed by atoms with Gasteiger partial charge in [-0.1, -0.05) is 25.7 Å². The van der Waals surface area contributed by atoms with Crippen molar-refractivity contribution >= 4 is 5.97 Å². The molecule has 0 amide bonds. The molecule has 0 fully saturated rings. The highest BCUT2D eigenvalue weighted by molar-refractivity contribution is 5.86. The monoisotopic (exact) mass is 168 g/mol. The highest BCUT2D eigenvalue weighted by Crippen LogP contribution is 1.94. The minimum Gasteiger partial charge on any atom is -0.462 e. The summed E-state index contributed by atoms with van der Waals surface area (Å²) in [7, 11) is 0. The molecule has 0 spiro atoms. The van der Waals surface area contributed by atoms with Gasteiger partial charge in [-0.05, 0) is 19.8 Å². The Kier molecular flexibility index (Phi) is 6.07. The minimum atomic E-state index is -0.306. The maximum atomic E-state index is 10.8. The number of carbonyl (C=O) groups is 1. The van der Waals surface area contributed by atoms with Gasteiger partial charge in [-0.15, -0.1) is 0 Å². The molecule has 0 atom stereocenters. The number of ether oxygens (including phenoxy) is 1. The molecule has 0 saturated carbocycles. The van der Waals surface area contributed by atoms with Gasteiger partial charge in [0.05, 0.1) is 6.61 Å². The molecule has 0 aromatic rings. The Morgan fingerprint density at radius 2 is 2.17 bits per heavy atom. The molecule has 2 nitrogen and oxygen atoms in total. The summed E-state index contributed by atoms with van der Waals surface area (Å²) in [5.74, 6) is -0.306. The van der Waals surface area contributed by atoms with Gasteiger partial charge in [-0.2, -0.15) is 0 Å². The van der Waals surface area contributed by atoms with Gasteiger partial charge in [-0.3, -0.25) is 0 Å². The lowest BCUT2D eigenvalue weighted by molar-refractivity contribution is -0.138. The minimum absolute atomic E-state index is 0.306. The van der Waals surface area contributed by atoms with Crippen LogP contribution in [0.15, 0.2) is 24.3 Å². The molecule has 0 heterocycles. The van der Waals surface area contributed by atoms with Crippen LogP contribution in [0.25, 0.3) is 0 Å². The van der Waals surface area contributed by atoms with Crippen molar-refractivity contribution in [1.82, 2.24) is 0 Å². The van der Waals surface area contributed by atoms with E-state index >= 15 is 0 Å². The SMILES string of the molecule is C=C(C)C(=O)OCCC=CCC. The summed E-state index contributed by atoms with van der Waals surface area (Å²) in [6.45, 7) is 7.63. The zero-order valence-electron chi connectivity index (χ0n) is 7.80. The zero-order valence-corrected chi connectivity index (χ0v) is 7.80. The molecule has 0 rings (SSSR count). The summed E-state index contributed by atoms with van der Waals surface area (Å²) >= 11 is 0. The summed E-state index contributed by atoms with van der Waals surface area (Å²) in [6, 6.07) is 0. The van der Waals surface area contributed by atoms with E-state index in [0.717, 1.165) is 12.8 Å². The van der Waals surface area contributed by atoms with Crippen LogP contribution in [0.3, 0.4) is 0 Å². The van der Waals surface area contributed by atoms with Crippen molar-refractivity contribution in [2.45, 2.75) is 26.7 Å². The van der Waals surface area contributed by atoms with E-state index in [9.17, 15) is 4.79 Å². The van der Waals surface area contributed by atoms with Gasteiger partial charge in [0.15, 0.2) is 0 Å². The third-order valence-electron chi connectivity index (χ3n) is 1.27. The molecule has 0 radical (unpaired) electrons. The lowest BCUT2D eigenvalue weighted by atomic mass is 10.3. The number of carbonyl (C=O) groups excluding carboxylic acids is 1. The van der Waals surface area contributed by atoms with Crippen molar-refractivity contribution in [2.24, 2.45) is 0 Å². The number of allylic oxidation sites excluding steroid dienone is 1. The van der Waals surface area contributed by atoms with Gasteiger partial charge in [-0.25, -0.2) is 4.79 Å². The summed E-state index contributed by atoms with van der Waals surface area (Å²) in [5, 5.41) is 0. The third-order valence-corrected chi connectivity index (χ3v) is 1.27. The summed E-state index contributed by atoms with van der Waals surface area (Å²) in [5.41, 5.74) is 0.453. The number of esters is 1. The van der Waals surface area contributed by atoms with Crippen LogP contribution < -0.4 is 0 Å². The van der Waals surface area contributed by atoms with Crippen LogP contribution in [0, 0.1) is 0 Å². The van der Waals surface area contributed by atoms with Crippen LogP contribution in [-0.2, 0) is 9.53 Å². The fraction of sp³-hybridized carbons (Fsp3) is 0.500. The second kappa shape index (κ2) is 6.65. The average Bonchev–Trinajstić information content (AvgIpc) is 2.03. The predicted octanol–water partition coefficient (Wildman–Crippen LogP) is 2.46. The summed E-state index contributed by atoms with van der Waals surface area (Å²) in [4.78, 5) is 10.8. The molecule has 0 aliphatic carbocycles. The first-order valence-electron chi connectivity index (χ1n) is 4.16. The summed E-state index contributed by atoms with van der Waals surface area (Å²) < 4.78 is 4.86. The van der Waals surface area contributed by atoms with Gasteiger partial charge >= 0.3 is 5.97 Å². The Labute approximate surface area is 73.9 Å². The Balaban J connectivity index is 3.38. The molecule has 0 aliphatic heterocycles. The molecule has 0 saturated heterocycles. The molecular weight excluding hydrogens is 152 g/mol. The Hall–Kier alpha value is -1.05. The van der Waals surface area contributed by atoms with E-state index in [4.69, 9.17) is 4.74 Å². The number of rotatable bonds is 5. The largest absolute Gasteiger partial charge is 0.462 e. The topological polar surface area (TPSA) is 26.3 Å². The first-order valence-corrected chi connectivity index (χ1v) is 4.16. The lowest BCUT2D eigenvalue weighted by Gasteiger charge is -2.00. The highest BCUT2D eigenvalue weighted by atomic mass is 16.5. The second-order valence-corrected chi connectivity index (χ2v) is 2.58. The van der Waals surface area contributed by atoms with Crippen LogP contribution >= 0.6 is 0 Å².